The SMILES string of the molecule is CN(C)C(=S)N1CC2C[C@]2(c2cc(F)cc(F)c2)C1. The Balaban J connectivity index is 1.85. The second-order valence-electron chi connectivity index (χ2n) is 5.77. The summed E-state index contributed by atoms with van der Waals surface area (Å²) in [4.78, 5) is 4.03. The van der Waals surface area contributed by atoms with Crippen molar-refractivity contribution in [1.82, 2.24) is 9.80 Å². The molecule has 0 aromatic heterocycles. The van der Waals surface area contributed by atoms with Crippen LogP contribution < -0.4 is 0 Å². The van der Waals surface area contributed by atoms with Crippen LogP contribution in [0.25, 0.3) is 0 Å². The van der Waals surface area contributed by atoms with Gasteiger partial charge in [-0.3, -0.25) is 0 Å². The van der Waals surface area contributed by atoms with Crippen LogP contribution >= 0.6 is 12.2 Å². The molecule has 1 unspecified atom stereocenters. The van der Waals surface area contributed by atoms with Gasteiger partial charge in [0.2, 0.25) is 0 Å². The summed E-state index contributed by atoms with van der Waals surface area (Å²) in [5.41, 5.74) is 0.683. The number of rotatable bonds is 1. The molecule has 1 saturated heterocycles. The van der Waals surface area contributed by atoms with E-state index in [1.54, 1.807) is 0 Å². The molecule has 1 saturated carbocycles. The highest BCUT2D eigenvalue weighted by atomic mass is 32.1. The number of thiocarbonyl (C=S) groups is 1. The number of benzene rings is 1. The third kappa shape index (κ3) is 2.00. The molecule has 1 aromatic rings. The van der Waals surface area contributed by atoms with Gasteiger partial charge in [0.05, 0.1) is 0 Å². The lowest BCUT2D eigenvalue weighted by molar-refractivity contribution is 0.399. The van der Waals surface area contributed by atoms with Gasteiger partial charge in [-0.2, -0.15) is 0 Å². The number of likely N-dealkylation sites (tertiary alicyclic amines) is 1. The smallest absolute Gasteiger partial charge is 0.171 e. The van der Waals surface area contributed by atoms with Gasteiger partial charge in [-0.1, -0.05) is 0 Å². The van der Waals surface area contributed by atoms with Crippen molar-refractivity contribution in [2.24, 2.45) is 5.92 Å². The molecule has 3 rings (SSSR count). The van der Waals surface area contributed by atoms with Crippen molar-refractivity contribution in [2.75, 3.05) is 27.2 Å². The largest absolute Gasteiger partial charge is 0.355 e. The van der Waals surface area contributed by atoms with Crippen molar-refractivity contribution < 1.29 is 8.78 Å². The molecule has 0 amide bonds. The maximum absolute atomic E-state index is 13.4. The number of nitrogens with zero attached hydrogens (tertiary/aromatic N) is 2. The molecule has 5 heteroatoms. The van der Waals surface area contributed by atoms with Crippen LogP contribution in [0.4, 0.5) is 8.78 Å². The van der Waals surface area contributed by atoms with E-state index in [1.807, 2.05) is 19.0 Å². The van der Waals surface area contributed by atoms with Gasteiger partial charge in [0.25, 0.3) is 0 Å². The summed E-state index contributed by atoms with van der Waals surface area (Å²) in [6.45, 7) is 1.65. The van der Waals surface area contributed by atoms with Crippen LogP contribution in [0.2, 0.25) is 0 Å². The van der Waals surface area contributed by atoms with E-state index in [2.05, 4.69) is 4.90 Å². The minimum absolute atomic E-state index is 0.0942. The van der Waals surface area contributed by atoms with Crippen molar-refractivity contribution in [3.63, 3.8) is 0 Å². The Labute approximate surface area is 117 Å². The zero-order valence-corrected chi connectivity index (χ0v) is 11.8. The Kier molecular flexibility index (Phi) is 2.78. The minimum atomic E-state index is -0.497. The number of piperidine rings is 1. The monoisotopic (exact) mass is 282 g/mol. The van der Waals surface area contributed by atoms with Crippen molar-refractivity contribution in [3.8, 4) is 0 Å². The molecule has 0 spiro atoms. The second kappa shape index (κ2) is 4.13. The van der Waals surface area contributed by atoms with Gasteiger partial charge in [-0.05, 0) is 42.3 Å². The molecule has 102 valence electrons. The summed E-state index contributed by atoms with van der Waals surface area (Å²) in [5.74, 6) is -0.529. The van der Waals surface area contributed by atoms with Crippen LogP contribution in [-0.4, -0.2) is 42.1 Å². The predicted octanol–water partition coefficient (Wildman–Crippen LogP) is 2.38. The highest BCUT2D eigenvalue weighted by Gasteiger charge is 2.61. The van der Waals surface area contributed by atoms with E-state index in [9.17, 15) is 8.78 Å². The van der Waals surface area contributed by atoms with E-state index in [0.717, 1.165) is 36.3 Å². The second-order valence-corrected chi connectivity index (χ2v) is 6.14. The van der Waals surface area contributed by atoms with E-state index >= 15 is 0 Å². The van der Waals surface area contributed by atoms with Gasteiger partial charge in [0.15, 0.2) is 5.11 Å². The van der Waals surface area contributed by atoms with E-state index in [0.29, 0.717) is 5.92 Å². The quantitative estimate of drug-likeness (QED) is 0.730. The Morgan fingerprint density at radius 2 is 1.95 bits per heavy atom. The lowest BCUT2D eigenvalue weighted by Crippen LogP contribution is -2.39. The number of hydrogen-bond acceptors (Lipinski definition) is 1. The Hall–Kier alpha value is -1.23. The highest BCUT2D eigenvalue weighted by molar-refractivity contribution is 7.80. The first kappa shape index (κ1) is 12.8. The molecule has 19 heavy (non-hydrogen) atoms. The molecule has 1 heterocycles. The Morgan fingerprint density at radius 3 is 2.53 bits per heavy atom. The molecule has 2 nitrogen and oxygen atoms in total. The number of fused-ring (bicyclic) bond motifs is 1. The molecule has 2 fully saturated rings. The third-order valence-electron chi connectivity index (χ3n) is 4.24. The topological polar surface area (TPSA) is 6.48 Å². The third-order valence-corrected chi connectivity index (χ3v) is 4.86. The normalized spacial score (nSPS) is 28.2. The first-order valence-electron chi connectivity index (χ1n) is 6.35. The fourth-order valence-corrected chi connectivity index (χ4v) is 3.34. The van der Waals surface area contributed by atoms with Gasteiger partial charge in [-0.25, -0.2) is 8.78 Å². The van der Waals surface area contributed by atoms with Crippen molar-refractivity contribution >= 4 is 17.3 Å². The molecule has 2 atom stereocenters. The van der Waals surface area contributed by atoms with Crippen molar-refractivity contribution in [2.45, 2.75) is 11.8 Å². The first-order valence-corrected chi connectivity index (χ1v) is 6.76. The van der Waals surface area contributed by atoms with Crippen LogP contribution in [0.1, 0.15) is 12.0 Å². The van der Waals surface area contributed by atoms with Gasteiger partial charge in [0.1, 0.15) is 11.6 Å². The lowest BCUT2D eigenvalue weighted by Gasteiger charge is -2.27. The fourth-order valence-electron chi connectivity index (χ4n) is 3.20. The zero-order valence-electron chi connectivity index (χ0n) is 11.0. The molecular formula is C14H16F2N2S. The van der Waals surface area contributed by atoms with Crippen LogP contribution in [0, 0.1) is 17.6 Å². The standard InChI is InChI=1S/C14H16F2N2S/c1-17(2)13(19)18-7-10-6-14(10,8-18)9-3-11(15)5-12(16)4-9/h3-5,10H,6-8H2,1-2H3/t10?,14-/m1/s1. The average molecular weight is 282 g/mol. The molecule has 0 bridgehead atoms. The summed E-state index contributed by atoms with van der Waals surface area (Å²) >= 11 is 5.37. The van der Waals surface area contributed by atoms with E-state index < -0.39 is 11.6 Å². The Morgan fingerprint density at radius 1 is 1.32 bits per heavy atom. The summed E-state index contributed by atoms with van der Waals surface area (Å²) in [6.07, 6.45) is 1.00. The number of hydrogen-bond donors (Lipinski definition) is 0. The zero-order chi connectivity index (χ0) is 13.8. The van der Waals surface area contributed by atoms with Crippen molar-refractivity contribution in [1.29, 1.82) is 0 Å². The predicted molar refractivity (Wildman–Crippen MR) is 74.0 cm³/mol. The van der Waals surface area contributed by atoms with Crippen LogP contribution in [0.3, 0.4) is 0 Å². The first-order chi connectivity index (χ1) is 8.92. The molecule has 1 aliphatic carbocycles. The van der Waals surface area contributed by atoms with E-state index in [1.165, 1.54) is 12.1 Å². The minimum Gasteiger partial charge on any atom is -0.355 e. The molecular weight excluding hydrogens is 266 g/mol. The van der Waals surface area contributed by atoms with Crippen LogP contribution in [-0.2, 0) is 5.41 Å². The van der Waals surface area contributed by atoms with Gasteiger partial charge in [0, 0.05) is 38.7 Å². The lowest BCUT2D eigenvalue weighted by atomic mass is 9.95. The van der Waals surface area contributed by atoms with E-state index in [4.69, 9.17) is 12.2 Å². The van der Waals surface area contributed by atoms with Gasteiger partial charge in [-0.15, -0.1) is 0 Å². The Bertz CT molecular complexity index is 526. The summed E-state index contributed by atoms with van der Waals surface area (Å²) in [7, 11) is 3.83. The summed E-state index contributed by atoms with van der Waals surface area (Å²) < 4.78 is 26.7. The summed E-state index contributed by atoms with van der Waals surface area (Å²) in [5, 5.41) is 0.795. The summed E-state index contributed by atoms with van der Waals surface area (Å²) in [6, 6.07) is 3.85. The van der Waals surface area contributed by atoms with Crippen molar-refractivity contribution in [3.05, 3.63) is 35.4 Å². The molecule has 0 N–H and O–H groups in total. The van der Waals surface area contributed by atoms with Gasteiger partial charge >= 0.3 is 0 Å². The fraction of sp³-hybridized carbons (Fsp3) is 0.500. The molecule has 0 radical (unpaired) electrons. The maximum atomic E-state index is 13.4. The highest BCUT2D eigenvalue weighted by Crippen LogP contribution is 2.59. The van der Waals surface area contributed by atoms with Gasteiger partial charge < -0.3 is 9.80 Å². The average Bonchev–Trinajstić information content (AvgIpc) is 2.90. The molecule has 2 aliphatic rings. The van der Waals surface area contributed by atoms with E-state index in [-0.39, 0.29) is 5.41 Å². The van der Waals surface area contributed by atoms with Crippen LogP contribution in [0.15, 0.2) is 18.2 Å². The molecule has 1 aliphatic heterocycles. The molecule has 1 aromatic carbocycles. The van der Waals surface area contributed by atoms with Crippen LogP contribution in [0.5, 0.6) is 0 Å². The maximum Gasteiger partial charge on any atom is 0.171 e. The number of halogens is 2.